The molecule has 1 atom stereocenters. The molecule has 1 aliphatic rings. The van der Waals surface area contributed by atoms with Crippen LogP contribution in [0.2, 0.25) is 0 Å². The van der Waals surface area contributed by atoms with Gasteiger partial charge in [-0.1, -0.05) is 6.42 Å². The highest BCUT2D eigenvalue weighted by Crippen LogP contribution is 2.26. The Morgan fingerprint density at radius 2 is 2.35 bits per heavy atom. The molecule has 0 radical (unpaired) electrons. The minimum absolute atomic E-state index is 0.652. The second-order valence-electron chi connectivity index (χ2n) is 4.23. The summed E-state index contributed by atoms with van der Waals surface area (Å²) >= 11 is 2.06. The van der Waals surface area contributed by atoms with Crippen molar-refractivity contribution in [1.82, 2.24) is 9.97 Å². The van der Waals surface area contributed by atoms with Crippen LogP contribution in [0.15, 0.2) is 6.33 Å². The number of hydrogen-bond acceptors (Lipinski definition) is 5. The normalized spacial score (nSPS) is 20.0. The molecule has 0 saturated carbocycles. The number of nitrogens with zero attached hydrogens (tertiary/aromatic N) is 2. The summed E-state index contributed by atoms with van der Waals surface area (Å²) in [6.45, 7) is 2.96. The van der Waals surface area contributed by atoms with Gasteiger partial charge < -0.3 is 10.1 Å². The van der Waals surface area contributed by atoms with E-state index in [0.717, 1.165) is 17.9 Å². The molecule has 2 rings (SSSR count). The maximum absolute atomic E-state index is 5.18. The van der Waals surface area contributed by atoms with Crippen LogP contribution in [0.5, 0.6) is 5.88 Å². The van der Waals surface area contributed by atoms with Gasteiger partial charge in [0.1, 0.15) is 12.1 Å². The molecule has 0 bridgehead atoms. The van der Waals surface area contributed by atoms with E-state index in [1.165, 1.54) is 25.0 Å². The molecule has 17 heavy (non-hydrogen) atoms. The number of ether oxygens (including phenoxy) is 1. The van der Waals surface area contributed by atoms with Crippen LogP contribution < -0.4 is 10.1 Å². The van der Waals surface area contributed by atoms with E-state index in [9.17, 15) is 0 Å². The third-order valence-electron chi connectivity index (χ3n) is 3.00. The zero-order chi connectivity index (χ0) is 12.1. The average Bonchev–Trinajstić information content (AvgIpc) is 2.39. The van der Waals surface area contributed by atoms with Crippen LogP contribution in [0, 0.1) is 6.92 Å². The number of anilines is 1. The molecule has 94 valence electrons. The molecule has 4 nitrogen and oxygen atoms in total. The number of aromatic nitrogens is 2. The van der Waals surface area contributed by atoms with Gasteiger partial charge >= 0.3 is 0 Å². The number of methoxy groups -OCH3 is 1. The van der Waals surface area contributed by atoms with Crippen molar-refractivity contribution >= 4 is 17.6 Å². The first-order chi connectivity index (χ1) is 8.31. The van der Waals surface area contributed by atoms with Crippen LogP contribution in [0.25, 0.3) is 0 Å². The van der Waals surface area contributed by atoms with Crippen molar-refractivity contribution in [1.29, 1.82) is 0 Å². The van der Waals surface area contributed by atoms with Gasteiger partial charge in [0.05, 0.1) is 12.7 Å². The highest BCUT2D eigenvalue weighted by molar-refractivity contribution is 7.99. The van der Waals surface area contributed by atoms with Crippen molar-refractivity contribution in [3.8, 4) is 5.88 Å². The summed E-state index contributed by atoms with van der Waals surface area (Å²) in [6.07, 6.45) is 5.56. The molecule has 1 aromatic heterocycles. The Hall–Kier alpha value is -0.970. The van der Waals surface area contributed by atoms with Crippen LogP contribution in [-0.4, -0.2) is 34.6 Å². The second kappa shape index (κ2) is 6.10. The maximum atomic E-state index is 5.18. The first-order valence-corrected chi connectivity index (χ1v) is 7.07. The van der Waals surface area contributed by atoms with E-state index in [1.807, 2.05) is 6.92 Å². The van der Waals surface area contributed by atoms with E-state index in [4.69, 9.17) is 4.74 Å². The molecule has 0 spiro atoms. The third-order valence-corrected chi connectivity index (χ3v) is 4.40. The molecule has 2 heterocycles. The molecular formula is C12H19N3OS. The summed E-state index contributed by atoms with van der Waals surface area (Å²) in [5, 5.41) is 4.12. The highest BCUT2D eigenvalue weighted by atomic mass is 32.2. The van der Waals surface area contributed by atoms with Crippen molar-refractivity contribution in [3.63, 3.8) is 0 Å². The second-order valence-corrected chi connectivity index (χ2v) is 5.63. The van der Waals surface area contributed by atoms with Crippen molar-refractivity contribution in [2.24, 2.45) is 0 Å². The Labute approximate surface area is 107 Å². The molecular weight excluding hydrogens is 234 g/mol. The Morgan fingerprint density at radius 3 is 3.06 bits per heavy atom. The molecule has 1 fully saturated rings. The first-order valence-electron chi connectivity index (χ1n) is 6.02. The minimum atomic E-state index is 0.652. The molecule has 1 aliphatic heterocycles. The van der Waals surface area contributed by atoms with Crippen LogP contribution in [0.3, 0.4) is 0 Å². The van der Waals surface area contributed by atoms with Crippen molar-refractivity contribution in [2.75, 3.05) is 24.7 Å². The lowest BCUT2D eigenvalue weighted by Crippen LogP contribution is -2.21. The van der Waals surface area contributed by atoms with Crippen molar-refractivity contribution < 1.29 is 4.74 Å². The quantitative estimate of drug-likeness (QED) is 0.893. The fourth-order valence-corrected chi connectivity index (χ4v) is 3.24. The Morgan fingerprint density at radius 1 is 1.47 bits per heavy atom. The number of hydrogen-bond donors (Lipinski definition) is 1. The van der Waals surface area contributed by atoms with Crippen LogP contribution in [0.1, 0.15) is 24.8 Å². The fourth-order valence-electron chi connectivity index (χ4n) is 2.00. The van der Waals surface area contributed by atoms with Gasteiger partial charge in [0.2, 0.25) is 5.88 Å². The average molecular weight is 253 g/mol. The molecule has 1 saturated heterocycles. The maximum Gasteiger partial charge on any atom is 0.221 e. The lowest BCUT2D eigenvalue weighted by atomic mass is 10.2. The van der Waals surface area contributed by atoms with Crippen molar-refractivity contribution in [2.45, 2.75) is 31.4 Å². The van der Waals surface area contributed by atoms with E-state index in [-0.39, 0.29) is 0 Å². The van der Waals surface area contributed by atoms with Crippen LogP contribution in [0.4, 0.5) is 5.82 Å². The van der Waals surface area contributed by atoms with E-state index in [2.05, 4.69) is 27.0 Å². The minimum Gasteiger partial charge on any atom is -0.481 e. The van der Waals surface area contributed by atoms with E-state index < -0.39 is 0 Å². The summed E-state index contributed by atoms with van der Waals surface area (Å²) in [4.78, 5) is 8.33. The molecule has 1 unspecified atom stereocenters. The van der Waals surface area contributed by atoms with E-state index in [1.54, 1.807) is 13.4 Å². The van der Waals surface area contributed by atoms with Gasteiger partial charge in [0, 0.05) is 11.8 Å². The fraction of sp³-hybridized carbons (Fsp3) is 0.667. The van der Waals surface area contributed by atoms with Gasteiger partial charge in [-0.25, -0.2) is 9.97 Å². The monoisotopic (exact) mass is 253 g/mol. The standard InChI is InChI=1S/C12H19N3OS/c1-9-11(14-8-15-12(9)16-2)13-7-10-5-3-4-6-17-10/h8,10H,3-7H2,1-2H3,(H,13,14,15). The van der Waals surface area contributed by atoms with E-state index >= 15 is 0 Å². The van der Waals surface area contributed by atoms with Crippen LogP contribution in [-0.2, 0) is 0 Å². The topological polar surface area (TPSA) is 47.0 Å². The van der Waals surface area contributed by atoms with Gasteiger partial charge in [-0.05, 0) is 25.5 Å². The largest absolute Gasteiger partial charge is 0.481 e. The number of rotatable bonds is 4. The smallest absolute Gasteiger partial charge is 0.221 e. The summed E-state index contributed by atoms with van der Waals surface area (Å²) in [6, 6.07) is 0. The van der Waals surface area contributed by atoms with E-state index in [0.29, 0.717) is 11.1 Å². The van der Waals surface area contributed by atoms with Crippen LogP contribution >= 0.6 is 11.8 Å². The summed E-state index contributed by atoms with van der Waals surface area (Å²) in [5.41, 5.74) is 0.982. The van der Waals surface area contributed by atoms with Gasteiger partial charge in [-0.3, -0.25) is 0 Å². The molecule has 0 aliphatic carbocycles. The zero-order valence-corrected chi connectivity index (χ0v) is 11.2. The molecule has 1 aromatic rings. The summed E-state index contributed by atoms with van der Waals surface area (Å²) in [5.74, 6) is 2.83. The zero-order valence-electron chi connectivity index (χ0n) is 10.4. The van der Waals surface area contributed by atoms with Gasteiger partial charge in [-0.15, -0.1) is 0 Å². The number of thioether (sulfide) groups is 1. The predicted molar refractivity (Wildman–Crippen MR) is 71.9 cm³/mol. The van der Waals surface area contributed by atoms with Gasteiger partial charge in [0.15, 0.2) is 0 Å². The third kappa shape index (κ3) is 3.25. The lowest BCUT2D eigenvalue weighted by molar-refractivity contribution is 0.393. The first kappa shape index (κ1) is 12.5. The Kier molecular flexibility index (Phi) is 4.48. The van der Waals surface area contributed by atoms with Crippen molar-refractivity contribution in [3.05, 3.63) is 11.9 Å². The Bertz CT molecular complexity index is 367. The molecule has 1 N–H and O–H groups in total. The summed E-state index contributed by atoms with van der Waals surface area (Å²) < 4.78 is 5.18. The highest BCUT2D eigenvalue weighted by Gasteiger charge is 2.14. The van der Waals surface area contributed by atoms with Gasteiger partial charge in [-0.2, -0.15) is 11.8 Å². The molecule has 0 amide bonds. The number of nitrogens with one attached hydrogen (secondary N) is 1. The molecule has 0 aromatic carbocycles. The van der Waals surface area contributed by atoms with Gasteiger partial charge in [0.25, 0.3) is 0 Å². The summed E-state index contributed by atoms with van der Waals surface area (Å²) in [7, 11) is 1.64. The lowest BCUT2D eigenvalue weighted by Gasteiger charge is -2.22. The molecule has 5 heteroatoms. The predicted octanol–water partition coefficient (Wildman–Crippen LogP) is 2.49. The SMILES string of the molecule is COc1ncnc(NCC2CCCCS2)c1C. The Balaban J connectivity index is 1.93.